The third kappa shape index (κ3) is 8.70. The number of aliphatic hydroxyl groups is 1. The second-order valence-corrected chi connectivity index (χ2v) is 8.52. The Kier molecular flexibility index (Phi) is 9.46. The Morgan fingerprint density at radius 1 is 1.16 bits per heavy atom. The van der Waals surface area contributed by atoms with E-state index in [2.05, 4.69) is 23.5 Å². The highest BCUT2D eigenvalue weighted by Crippen LogP contribution is 2.22. The van der Waals surface area contributed by atoms with Crippen molar-refractivity contribution in [3.8, 4) is 0 Å². The number of aliphatic hydroxyl groups excluding tert-OH is 1. The molecular formula is C19H34N2O3S. The fourth-order valence-electron chi connectivity index (χ4n) is 2.88. The normalized spacial score (nSPS) is 13.2. The van der Waals surface area contributed by atoms with Crippen LogP contribution in [0.1, 0.15) is 63.2 Å². The molecule has 1 rings (SSSR count). The van der Waals surface area contributed by atoms with Crippen molar-refractivity contribution in [2.75, 3.05) is 30.6 Å². The molecule has 1 unspecified atom stereocenters. The standard InChI is InChI=1S/C19H34N2O3S/c1-5-7-8-9-10-13-21(6-2)15-19(22)17-11-12-18(16(3)14-17)20-25(4,23)24/h11-12,14,19-20,22H,5-10,13,15H2,1-4H3. The fourth-order valence-corrected chi connectivity index (χ4v) is 3.50. The van der Waals surface area contributed by atoms with Crippen LogP contribution in [0.2, 0.25) is 0 Å². The molecule has 0 amide bonds. The molecule has 0 spiro atoms. The van der Waals surface area contributed by atoms with Crippen molar-refractivity contribution in [1.82, 2.24) is 4.90 Å². The van der Waals surface area contributed by atoms with Crippen molar-refractivity contribution in [2.45, 2.75) is 59.0 Å². The lowest BCUT2D eigenvalue weighted by Crippen LogP contribution is -2.29. The van der Waals surface area contributed by atoms with Crippen LogP contribution in [0.5, 0.6) is 0 Å². The Labute approximate surface area is 153 Å². The van der Waals surface area contributed by atoms with Gasteiger partial charge in [-0.1, -0.05) is 51.7 Å². The molecule has 0 aliphatic heterocycles. The van der Waals surface area contributed by atoms with Crippen molar-refractivity contribution in [2.24, 2.45) is 0 Å². The number of benzene rings is 1. The van der Waals surface area contributed by atoms with Crippen molar-refractivity contribution in [3.05, 3.63) is 29.3 Å². The van der Waals surface area contributed by atoms with Gasteiger partial charge in [0, 0.05) is 6.54 Å². The minimum atomic E-state index is -3.29. The molecule has 0 fully saturated rings. The first kappa shape index (κ1) is 21.9. The number of nitrogens with zero attached hydrogens (tertiary/aromatic N) is 1. The second-order valence-electron chi connectivity index (χ2n) is 6.77. The van der Waals surface area contributed by atoms with Gasteiger partial charge >= 0.3 is 0 Å². The summed E-state index contributed by atoms with van der Waals surface area (Å²) < 4.78 is 25.2. The van der Waals surface area contributed by atoms with Gasteiger partial charge in [0.05, 0.1) is 18.0 Å². The van der Waals surface area contributed by atoms with E-state index in [-0.39, 0.29) is 0 Å². The molecule has 0 heterocycles. The molecular weight excluding hydrogens is 336 g/mol. The van der Waals surface area contributed by atoms with E-state index >= 15 is 0 Å². The SMILES string of the molecule is CCCCCCCN(CC)CC(O)c1ccc(NS(C)(=O)=O)c(C)c1. The van der Waals surface area contributed by atoms with Crippen molar-refractivity contribution < 1.29 is 13.5 Å². The predicted octanol–water partition coefficient (Wildman–Crippen LogP) is 3.69. The number of nitrogens with one attached hydrogen (secondary N) is 1. The zero-order valence-electron chi connectivity index (χ0n) is 16.1. The fraction of sp³-hybridized carbons (Fsp3) is 0.684. The van der Waals surface area contributed by atoms with E-state index in [1.165, 1.54) is 25.7 Å². The van der Waals surface area contributed by atoms with Crippen LogP contribution in [0.15, 0.2) is 18.2 Å². The molecule has 6 heteroatoms. The zero-order valence-corrected chi connectivity index (χ0v) is 16.9. The molecule has 0 aliphatic rings. The summed E-state index contributed by atoms with van der Waals surface area (Å²) >= 11 is 0. The summed E-state index contributed by atoms with van der Waals surface area (Å²) in [6.45, 7) is 8.69. The van der Waals surface area contributed by atoms with Crippen molar-refractivity contribution >= 4 is 15.7 Å². The summed E-state index contributed by atoms with van der Waals surface area (Å²) in [6.07, 6.45) is 6.80. The first-order chi connectivity index (χ1) is 11.8. The van der Waals surface area contributed by atoms with Gasteiger partial charge in [0.1, 0.15) is 0 Å². The summed E-state index contributed by atoms with van der Waals surface area (Å²) in [7, 11) is -3.29. The Morgan fingerprint density at radius 3 is 2.40 bits per heavy atom. The number of aryl methyl sites for hydroxylation is 1. The first-order valence-electron chi connectivity index (χ1n) is 9.25. The number of hydrogen-bond acceptors (Lipinski definition) is 4. The zero-order chi connectivity index (χ0) is 18.9. The molecule has 25 heavy (non-hydrogen) atoms. The molecule has 5 nitrogen and oxygen atoms in total. The molecule has 0 saturated heterocycles. The summed E-state index contributed by atoms with van der Waals surface area (Å²) in [5, 5.41) is 10.5. The molecule has 144 valence electrons. The molecule has 1 aromatic rings. The summed E-state index contributed by atoms with van der Waals surface area (Å²) in [6, 6.07) is 5.36. The quantitative estimate of drug-likeness (QED) is 0.551. The summed E-state index contributed by atoms with van der Waals surface area (Å²) in [5.41, 5.74) is 2.19. The van der Waals surface area contributed by atoms with Gasteiger partial charge in [-0.05, 0) is 43.6 Å². The number of rotatable bonds is 12. The van der Waals surface area contributed by atoms with E-state index in [0.717, 1.165) is 36.9 Å². The Hall–Kier alpha value is -1.11. The molecule has 1 atom stereocenters. The van der Waals surface area contributed by atoms with E-state index in [4.69, 9.17) is 0 Å². The maximum Gasteiger partial charge on any atom is 0.229 e. The van der Waals surface area contributed by atoms with Crippen LogP contribution in [0.4, 0.5) is 5.69 Å². The molecule has 0 radical (unpaired) electrons. The lowest BCUT2D eigenvalue weighted by Gasteiger charge is -2.24. The maximum atomic E-state index is 11.4. The third-order valence-electron chi connectivity index (χ3n) is 4.39. The number of sulfonamides is 1. The van der Waals surface area contributed by atoms with Gasteiger partial charge < -0.3 is 10.0 Å². The Morgan fingerprint density at radius 2 is 1.84 bits per heavy atom. The maximum absolute atomic E-state index is 11.4. The van der Waals surface area contributed by atoms with Crippen LogP contribution < -0.4 is 4.72 Å². The topological polar surface area (TPSA) is 69.6 Å². The van der Waals surface area contributed by atoms with Gasteiger partial charge in [-0.25, -0.2) is 8.42 Å². The highest BCUT2D eigenvalue weighted by atomic mass is 32.2. The van der Waals surface area contributed by atoms with Crippen LogP contribution >= 0.6 is 0 Å². The van der Waals surface area contributed by atoms with E-state index in [9.17, 15) is 13.5 Å². The highest BCUT2D eigenvalue weighted by molar-refractivity contribution is 7.92. The van der Waals surface area contributed by atoms with Gasteiger partial charge in [0.25, 0.3) is 0 Å². The molecule has 2 N–H and O–H groups in total. The Balaban J connectivity index is 2.60. The highest BCUT2D eigenvalue weighted by Gasteiger charge is 2.14. The lowest BCUT2D eigenvalue weighted by molar-refractivity contribution is 0.115. The predicted molar refractivity (Wildman–Crippen MR) is 105 cm³/mol. The van der Waals surface area contributed by atoms with E-state index in [0.29, 0.717) is 12.2 Å². The van der Waals surface area contributed by atoms with E-state index in [1.807, 2.05) is 13.0 Å². The monoisotopic (exact) mass is 370 g/mol. The van der Waals surface area contributed by atoms with Gasteiger partial charge in [0.2, 0.25) is 10.0 Å². The number of hydrogen-bond donors (Lipinski definition) is 2. The minimum Gasteiger partial charge on any atom is -0.387 e. The smallest absolute Gasteiger partial charge is 0.229 e. The largest absolute Gasteiger partial charge is 0.387 e. The van der Waals surface area contributed by atoms with E-state index < -0.39 is 16.1 Å². The second kappa shape index (κ2) is 10.8. The number of anilines is 1. The summed E-state index contributed by atoms with van der Waals surface area (Å²) in [5.74, 6) is 0. The average Bonchev–Trinajstić information content (AvgIpc) is 2.54. The van der Waals surface area contributed by atoms with Gasteiger partial charge in [-0.2, -0.15) is 0 Å². The van der Waals surface area contributed by atoms with Crippen LogP contribution in [-0.4, -0.2) is 44.3 Å². The van der Waals surface area contributed by atoms with Gasteiger partial charge in [-0.15, -0.1) is 0 Å². The molecule has 0 aromatic heterocycles. The number of unbranched alkanes of at least 4 members (excludes halogenated alkanes) is 4. The van der Waals surface area contributed by atoms with Crippen LogP contribution in [0.25, 0.3) is 0 Å². The lowest BCUT2D eigenvalue weighted by atomic mass is 10.0. The Bertz CT molecular complexity index is 617. The minimum absolute atomic E-state index is 0.557. The molecule has 0 bridgehead atoms. The number of likely N-dealkylation sites (N-methyl/N-ethyl adjacent to an activating group) is 1. The van der Waals surface area contributed by atoms with Crippen molar-refractivity contribution in [3.63, 3.8) is 0 Å². The third-order valence-corrected chi connectivity index (χ3v) is 4.98. The molecule has 0 saturated carbocycles. The van der Waals surface area contributed by atoms with Crippen LogP contribution in [-0.2, 0) is 10.0 Å². The van der Waals surface area contributed by atoms with E-state index in [1.54, 1.807) is 12.1 Å². The molecule has 0 aliphatic carbocycles. The van der Waals surface area contributed by atoms with Crippen LogP contribution in [0.3, 0.4) is 0 Å². The van der Waals surface area contributed by atoms with Crippen LogP contribution in [0, 0.1) is 6.92 Å². The van der Waals surface area contributed by atoms with Gasteiger partial charge in [-0.3, -0.25) is 4.72 Å². The van der Waals surface area contributed by atoms with Crippen molar-refractivity contribution in [1.29, 1.82) is 0 Å². The summed E-state index contributed by atoms with van der Waals surface area (Å²) in [4.78, 5) is 2.27. The van der Waals surface area contributed by atoms with Gasteiger partial charge in [0.15, 0.2) is 0 Å². The molecule has 1 aromatic carbocycles. The first-order valence-corrected chi connectivity index (χ1v) is 11.1. The average molecular weight is 371 g/mol.